The van der Waals surface area contributed by atoms with Crippen molar-refractivity contribution in [1.29, 1.82) is 0 Å². The molecule has 1 aliphatic heterocycles. The third-order valence-corrected chi connectivity index (χ3v) is 3.55. The molecule has 1 heterocycles. The number of ether oxygens (including phenoxy) is 1. The van der Waals surface area contributed by atoms with Crippen molar-refractivity contribution in [3.63, 3.8) is 0 Å². The lowest BCUT2D eigenvalue weighted by Gasteiger charge is -2.12. The second kappa shape index (κ2) is 4.85. The fraction of sp³-hybridized carbons (Fsp3) is 0.364. The van der Waals surface area contributed by atoms with Crippen molar-refractivity contribution in [3.8, 4) is 0 Å². The smallest absolute Gasteiger partial charge is 0.414 e. The average Bonchev–Trinajstić information content (AvgIpc) is 2.71. The first kappa shape index (κ1) is 12.1. The predicted octanol–water partition coefficient (Wildman–Crippen LogP) is 0.708. The minimum absolute atomic E-state index is 0.248. The van der Waals surface area contributed by atoms with Crippen LogP contribution in [-0.4, -0.2) is 35.8 Å². The molecule has 1 aliphatic rings. The van der Waals surface area contributed by atoms with Crippen molar-refractivity contribution in [1.82, 2.24) is 0 Å². The van der Waals surface area contributed by atoms with Crippen molar-refractivity contribution in [2.24, 2.45) is 5.73 Å². The van der Waals surface area contributed by atoms with E-state index in [0.29, 0.717) is 13.1 Å². The standard InChI is InChI=1S/C11H14N2O3S/c1-17(15)10-4-2-8(3-5-10)13-7-9(6-12)16-11(13)14/h2-5,9H,6-7,12H2,1H3. The molecular formula is C11H14N2O3S. The van der Waals surface area contributed by atoms with Gasteiger partial charge < -0.3 is 10.5 Å². The molecule has 92 valence electrons. The molecule has 0 bridgehead atoms. The number of carbonyl (C=O) groups is 1. The largest absolute Gasteiger partial charge is 0.443 e. The molecule has 6 heteroatoms. The van der Waals surface area contributed by atoms with Crippen molar-refractivity contribution >= 4 is 22.6 Å². The maximum absolute atomic E-state index is 11.6. The van der Waals surface area contributed by atoms with E-state index in [0.717, 1.165) is 10.6 Å². The van der Waals surface area contributed by atoms with Gasteiger partial charge >= 0.3 is 6.09 Å². The van der Waals surface area contributed by atoms with Gasteiger partial charge in [-0.3, -0.25) is 9.11 Å². The first-order valence-electron chi connectivity index (χ1n) is 5.23. The molecule has 2 rings (SSSR count). The summed E-state index contributed by atoms with van der Waals surface area (Å²) >= 11 is 0. The molecule has 17 heavy (non-hydrogen) atoms. The quantitative estimate of drug-likeness (QED) is 0.862. The highest BCUT2D eigenvalue weighted by Gasteiger charge is 2.31. The number of carbonyl (C=O) groups excluding carboxylic acids is 1. The van der Waals surface area contributed by atoms with Crippen LogP contribution < -0.4 is 10.6 Å². The Morgan fingerprint density at radius 2 is 2.12 bits per heavy atom. The van der Waals surface area contributed by atoms with Crippen molar-refractivity contribution in [3.05, 3.63) is 24.3 Å². The minimum Gasteiger partial charge on any atom is -0.443 e. The zero-order chi connectivity index (χ0) is 12.4. The first-order valence-corrected chi connectivity index (χ1v) is 6.79. The number of hydrogen-bond acceptors (Lipinski definition) is 4. The molecule has 1 amide bonds. The maximum atomic E-state index is 11.6. The molecule has 1 aromatic carbocycles. The Kier molecular flexibility index (Phi) is 3.44. The van der Waals surface area contributed by atoms with E-state index >= 15 is 0 Å². The van der Waals surface area contributed by atoms with E-state index in [1.165, 1.54) is 4.90 Å². The van der Waals surface area contributed by atoms with Gasteiger partial charge in [0.25, 0.3) is 0 Å². The van der Waals surface area contributed by atoms with Gasteiger partial charge in [0.1, 0.15) is 6.10 Å². The van der Waals surface area contributed by atoms with Crippen molar-refractivity contribution < 1.29 is 13.7 Å². The van der Waals surface area contributed by atoms with E-state index in [9.17, 15) is 9.00 Å². The van der Waals surface area contributed by atoms with Gasteiger partial charge in [0.05, 0.1) is 6.54 Å². The van der Waals surface area contributed by atoms with Gasteiger partial charge in [0.2, 0.25) is 0 Å². The predicted molar refractivity (Wildman–Crippen MR) is 65.4 cm³/mol. The summed E-state index contributed by atoms with van der Waals surface area (Å²) < 4.78 is 16.3. The van der Waals surface area contributed by atoms with Gasteiger partial charge in [-0.2, -0.15) is 0 Å². The first-order chi connectivity index (χ1) is 8.11. The van der Waals surface area contributed by atoms with Gasteiger partial charge in [-0.15, -0.1) is 0 Å². The van der Waals surface area contributed by atoms with E-state index in [4.69, 9.17) is 10.5 Å². The summed E-state index contributed by atoms with van der Waals surface area (Å²) in [6.45, 7) is 0.781. The van der Waals surface area contributed by atoms with Crippen LogP contribution in [0, 0.1) is 0 Å². The number of amides is 1. The van der Waals surface area contributed by atoms with Gasteiger partial charge in [-0.1, -0.05) is 0 Å². The number of hydrogen-bond donors (Lipinski definition) is 1. The van der Waals surface area contributed by atoms with Crippen LogP contribution in [0.15, 0.2) is 29.2 Å². The van der Waals surface area contributed by atoms with Gasteiger partial charge in [0.15, 0.2) is 0 Å². The third kappa shape index (κ3) is 2.48. The number of nitrogens with two attached hydrogens (primary N) is 1. The zero-order valence-corrected chi connectivity index (χ0v) is 10.3. The van der Waals surface area contributed by atoms with Gasteiger partial charge in [0, 0.05) is 34.2 Å². The molecule has 0 saturated carbocycles. The van der Waals surface area contributed by atoms with Crippen molar-refractivity contribution in [2.75, 3.05) is 24.2 Å². The summed E-state index contributed by atoms with van der Waals surface area (Å²) in [5.41, 5.74) is 6.19. The van der Waals surface area contributed by atoms with E-state index in [1.807, 2.05) is 0 Å². The highest BCUT2D eigenvalue weighted by Crippen LogP contribution is 2.22. The lowest BCUT2D eigenvalue weighted by molar-refractivity contribution is 0.145. The SMILES string of the molecule is CS(=O)c1ccc(N2CC(CN)OC2=O)cc1. The average molecular weight is 254 g/mol. The van der Waals surface area contributed by atoms with Crippen LogP contribution in [0.25, 0.3) is 0 Å². The van der Waals surface area contributed by atoms with Crippen LogP contribution in [0.1, 0.15) is 0 Å². The Balaban J connectivity index is 2.18. The number of rotatable bonds is 3. The Morgan fingerprint density at radius 1 is 1.47 bits per heavy atom. The molecule has 1 aromatic rings. The third-order valence-electron chi connectivity index (χ3n) is 2.62. The highest BCUT2D eigenvalue weighted by atomic mass is 32.2. The second-order valence-corrected chi connectivity index (χ2v) is 5.18. The molecule has 0 radical (unpaired) electrons. The summed E-state index contributed by atoms with van der Waals surface area (Å²) in [7, 11) is -1.01. The maximum Gasteiger partial charge on any atom is 0.414 e. The van der Waals surface area contributed by atoms with Crippen LogP contribution in [-0.2, 0) is 15.5 Å². The number of nitrogens with zero attached hydrogens (tertiary/aromatic N) is 1. The van der Waals surface area contributed by atoms with E-state index in [1.54, 1.807) is 30.5 Å². The molecule has 1 fully saturated rings. The van der Waals surface area contributed by atoms with Crippen molar-refractivity contribution in [2.45, 2.75) is 11.0 Å². The van der Waals surface area contributed by atoms with E-state index in [2.05, 4.69) is 0 Å². The molecular weight excluding hydrogens is 240 g/mol. The molecule has 2 unspecified atom stereocenters. The second-order valence-electron chi connectivity index (χ2n) is 3.80. The molecule has 0 spiro atoms. The Morgan fingerprint density at radius 3 is 2.59 bits per heavy atom. The normalized spacial score (nSPS) is 21.4. The number of cyclic esters (lactones) is 1. The zero-order valence-electron chi connectivity index (χ0n) is 9.46. The van der Waals surface area contributed by atoms with E-state index < -0.39 is 10.8 Å². The summed E-state index contributed by atoms with van der Waals surface area (Å²) in [6.07, 6.45) is 0.983. The Hall–Kier alpha value is -1.40. The molecule has 2 N–H and O–H groups in total. The Bertz CT molecular complexity index is 447. The summed E-state index contributed by atoms with van der Waals surface area (Å²) in [6, 6.07) is 7.01. The molecule has 0 aliphatic carbocycles. The lowest BCUT2D eigenvalue weighted by atomic mass is 10.3. The minimum atomic E-state index is -1.01. The summed E-state index contributed by atoms with van der Waals surface area (Å²) in [5, 5.41) is 0. The molecule has 2 atom stereocenters. The topological polar surface area (TPSA) is 72.6 Å². The number of benzene rings is 1. The molecule has 1 saturated heterocycles. The van der Waals surface area contributed by atoms with Crippen LogP contribution in [0.3, 0.4) is 0 Å². The fourth-order valence-corrected chi connectivity index (χ4v) is 2.19. The molecule has 5 nitrogen and oxygen atoms in total. The van der Waals surface area contributed by atoms with Gasteiger partial charge in [-0.05, 0) is 24.3 Å². The molecule has 0 aromatic heterocycles. The van der Waals surface area contributed by atoms with Gasteiger partial charge in [-0.25, -0.2) is 4.79 Å². The Labute approximate surface area is 102 Å². The fourth-order valence-electron chi connectivity index (χ4n) is 1.67. The van der Waals surface area contributed by atoms with E-state index in [-0.39, 0.29) is 12.2 Å². The summed E-state index contributed by atoms with van der Waals surface area (Å²) in [5.74, 6) is 0. The highest BCUT2D eigenvalue weighted by molar-refractivity contribution is 7.84. The van der Waals surface area contributed by atoms with Crippen LogP contribution >= 0.6 is 0 Å². The lowest BCUT2D eigenvalue weighted by Crippen LogP contribution is -2.27. The summed E-state index contributed by atoms with van der Waals surface area (Å²) in [4.78, 5) is 13.8. The number of anilines is 1. The monoisotopic (exact) mass is 254 g/mol. The van der Waals surface area contributed by atoms with Crippen LogP contribution in [0.2, 0.25) is 0 Å². The van der Waals surface area contributed by atoms with Crippen LogP contribution in [0.5, 0.6) is 0 Å². The van der Waals surface area contributed by atoms with Crippen LogP contribution in [0.4, 0.5) is 10.5 Å².